The molecule has 0 radical (unpaired) electrons. The first-order chi connectivity index (χ1) is 8.45. The molecular formula is C10H7ClF3N3O. The molecule has 0 saturated heterocycles. The van der Waals surface area contributed by atoms with Crippen molar-refractivity contribution in [1.29, 1.82) is 0 Å². The van der Waals surface area contributed by atoms with E-state index in [1.165, 1.54) is 12.1 Å². The zero-order valence-electron chi connectivity index (χ0n) is 8.82. The minimum Gasteiger partial charge on any atom is -0.388 e. The van der Waals surface area contributed by atoms with Crippen LogP contribution in [-0.2, 0) is 12.8 Å². The maximum atomic E-state index is 12.9. The molecule has 1 aromatic heterocycles. The van der Waals surface area contributed by atoms with Crippen LogP contribution in [0.5, 0.6) is 0 Å². The molecule has 4 nitrogen and oxygen atoms in total. The number of aliphatic hydroxyl groups excluding tert-OH is 1. The van der Waals surface area contributed by atoms with Crippen LogP contribution in [0.3, 0.4) is 0 Å². The van der Waals surface area contributed by atoms with E-state index in [0.29, 0.717) is 0 Å². The Morgan fingerprint density at radius 1 is 1.33 bits per heavy atom. The van der Waals surface area contributed by atoms with Gasteiger partial charge in [0.15, 0.2) is 5.82 Å². The maximum absolute atomic E-state index is 12.9. The number of aromatic nitrogens is 3. The number of nitrogens with zero attached hydrogens (tertiary/aromatic N) is 3. The zero-order chi connectivity index (χ0) is 13.3. The van der Waals surface area contributed by atoms with Crippen molar-refractivity contribution in [2.75, 3.05) is 0 Å². The molecule has 1 heterocycles. The van der Waals surface area contributed by atoms with Gasteiger partial charge in [-0.2, -0.15) is 13.2 Å². The summed E-state index contributed by atoms with van der Waals surface area (Å²) in [5.41, 5.74) is -1.20. The molecule has 0 spiro atoms. The van der Waals surface area contributed by atoms with Crippen molar-refractivity contribution in [2.45, 2.75) is 12.8 Å². The van der Waals surface area contributed by atoms with E-state index in [1.807, 2.05) is 0 Å². The first-order valence-electron chi connectivity index (χ1n) is 4.81. The minimum atomic E-state index is -4.56. The minimum absolute atomic E-state index is 0.0198. The molecule has 0 saturated carbocycles. The number of halogens is 4. The summed E-state index contributed by atoms with van der Waals surface area (Å²) in [6, 6.07) is 3.44. The van der Waals surface area contributed by atoms with E-state index in [0.717, 1.165) is 17.0 Å². The third-order valence-electron chi connectivity index (χ3n) is 2.29. The van der Waals surface area contributed by atoms with Crippen LogP contribution in [0.25, 0.3) is 5.69 Å². The Morgan fingerprint density at radius 3 is 2.67 bits per heavy atom. The summed E-state index contributed by atoms with van der Waals surface area (Å²) in [7, 11) is 0. The van der Waals surface area contributed by atoms with Crippen molar-refractivity contribution >= 4 is 11.6 Å². The molecule has 0 fully saturated rings. The fourth-order valence-electron chi connectivity index (χ4n) is 1.54. The summed E-state index contributed by atoms with van der Waals surface area (Å²) in [4.78, 5) is 0. The Hall–Kier alpha value is -1.60. The lowest BCUT2D eigenvalue weighted by molar-refractivity contribution is -0.137. The van der Waals surface area contributed by atoms with Crippen molar-refractivity contribution in [2.24, 2.45) is 0 Å². The van der Waals surface area contributed by atoms with Gasteiger partial charge < -0.3 is 5.11 Å². The molecule has 0 atom stereocenters. The number of hydrogen-bond donors (Lipinski definition) is 1. The van der Waals surface area contributed by atoms with Crippen LogP contribution in [0.4, 0.5) is 13.2 Å². The van der Waals surface area contributed by atoms with Crippen molar-refractivity contribution < 1.29 is 18.3 Å². The number of rotatable bonds is 2. The van der Waals surface area contributed by atoms with E-state index in [-0.39, 0.29) is 16.5 Å². The van der Waals surface area contributed by atoms with E-state index in [2.05, 4.69) is 10.2 Å². The van der Waals surface area contributed by atoms with Gasteiger partial charge in [-0.25, -0.2) is 0 Å². The Morgan fingerprint density at radius 2 is 2.06 bits per heavy atom. The number of hydrogen-bond acceptors (Lipinski definition) is 3. The Bertz CT molecular complexity index is 568. The highest BCUT2D eigenvalue weighted by Crippen LogP contribution is 2.37. The average Bonchev–Trinajstić information content (AvgIpc) is 2.75. The lowest BCUT2D eigenvalue weighted by Crippen LogP contribution is -2.12. The fraction of sp³-hybridized carbons (Fsp3) is 0.200. The molecule has 8 heteroatoms. The van der Waals surface area contributed by atoms with Gasteiger partial charge in [0.05, 0.1) is 16.3 Å². The molecule has 96 valence electrons. The normalized spacial score (nSPS) is 11.8. The van der Waals surface area contributed by atoms with Crippen molar-refractivity contribution in [3.05, 3.63) is 40.9 Å². The zero-order valence-corrected chi connectivity index (χ0v) is 9.57. The highest BCUT2D eigenvalue weighted by molar-refractivity contribution is 6.32. The summed E-state index contributed by atoms with van der Waals surface area (Å²) >= 11 is 5.80. The van der Waals surface area contributed by atoms with Crippen LogP contribution in [-0.4, -0.2) is 19.9 Å². The lowest BCUT2D eigenvalue weighted by atomic mass is 10.1. The topological polar surface area (TPSA) is 50.9 Å². The predicted molar refractivity (Wildman–Crippen MR) is 57.3 cm³/mol. The molecule has 2 aromatic rings. The van der Waals surface area contributed by atoms with Crippen molar-refractivity contribution in [3.63, 3.8) is 0 Å². The number of aliphatic hydroxyl groups is 1. The standard InChI is InChI=1S/C10H7ClF3N3O/c11-7-3-1-2-6(10(12,13)14)9(7)17-5-15-16-8(17)4-18/h1-3,5,18H,4H2. The number of para-hydroxylation sites is 1. The second-order valence-corrected chi connectivity index (χ2v) is 3.82. The van der Waals surface area contributed by atoms with E-state index in [9.17, 15) is 13.2 Å². The molecule has 0 aliphatic rings. The van der Waals surface area contributed by atoms with Crippen LogP contribution in [0.1, 0.15) is 11.4 Å². The lowest BCUT2D eigenvalue weighted by Gasteiger charge is -2.15. The van der Waals surface area contributed by atoms with E-state index < -0.39 is 18.3 Å². The molecule has 18 heavy (non-hydrogen) atoms. The van der Waals surface area contributed by atoms with Gasteiger partial charge in [0.25, 0.3) is 0 Å². The molecule has 0 bridgehead atoms. The van der Waals surface area contributed by atoms with Gasteiger partial charge in [-0.1, -0.05) is 17.7 Å². The van der Waals surface area contributed by atoms with Crippen molar-refractivity contribution in [1.82, 2.24) is 14.8 Å². The smallest absolute Gasteiger partial charge is 0.388 e. The van der Waals surface area contributed by atoms with Gasteiger partial charge in [0.2, 0.25) is 0 Å². The van der Waals surface area contributed by atoms with Crippen LogP contribution in [0, 0.1) is 0 Å². The summed E-state index contributed by atoms with van der Waals surface area (Å²) in [6.45, 7) is -0.539. The summed E-state index contributed by atoms with van der Waals surface area (Å²) in [6.07, 6.45) is -3.49. The van der Waals surface area contributed by atoms with Crippen LogP contribution < -0.4 is 0 Å². The Kier molecular flexibility index (Phi) is 3.27. The number of benzene rings is 1. The third kappa shape index (κ3) is 2.19. The molecule has 0 unspecified atom stereocenters. The molecular weight excluding hydrogens is 271 g/mol. The summed E-state index contributed by atoms with van der Waals surface area (Å²) in [5, 5.41) is 15.9. The largest absolute Gasteiger partial charge is 0.418 e. The van der Waals surface area contributed by atoms with Crippen LogP contribution in [0.2, 0.25) is 5.02 Å². The quantitative estimate of drug-likeness (QED) is 0.917. The maximum Gasteiger partial charge on any atom is 0.418 e. The van der Waals surface area contributed by atoms with E-state index in [4.69, 9.17) is 16.7 Å². The second kappa shape index (κ2) is 4.58. The van der Waals surface area contributed by atoms with Crippen LogP contribution >= 0.6 is 11.6 Å². The van der Waals surface area contributed by atoms with Gasteiger partial charge in [0, 0.05) is 0 Å². The molecule has 0 aliphatic heterocycles. The second-order valence-electron chi connectivity index (χ2n) is 3.41. The van der Waals surface area contributed by atoms with E-state index >= 15 is 0 Å². The highest BCUT2D eigenvalue weighted by Gasteiger charge is 2.35. The molecule has 1 aromatic carbocycles. The van der Waals surface area contributed by atoms with Gasteiger partial charge in [-0.15, -0.1) is 10.2 Å². The molecule has 0 amide bonds. The fourth-order valence-corrected chi connectivity index (χ4v) is 1.81. The monoisotopic (exact) mass is 277 g/mol. The van der Waals surface area contributed by atoms with Crippen molar-refractivity contribution in [3.8, 4) is 5.69 Å². The highest BCUT2D eigenvalue weighted by atomic mass is 35.5. The van der Waals surface area contributed by atoms with Gasteiger partial charge in [-0.05, 0) is 12.1 Å². The van der Waals surface area contributed by atoms with Gasteiger partial charge >= 0.3 is 6.18 Å². The Balaban J connectivity index is 2.71. The summed E-state index contributed by atoms with van der Waals surface area (Å²) < 4.78 is 39.7. The van der Waals surface area contributed by atoms with E-state index in [1.54, 1.807) is 0 Å². The third-order valence-corrected chi connectivity index (χ3v) is 2.60. The van der Waals surface area contributed by atoms with Gasteiger partial charge in [-0.3, -0.25) is 4.57 Å². The first-order valence-corrected chi connectivity index (χ1v) is 5.18. The first kappa shape index (κ1) is 12.8. The number of alkyl halides is 3. The molecule has 0 aliphatic carbocycles. The summed E-state index contributed by atoms with van der Waals surface area (Å²) in [5.74, 6) is -0.0198. The predicted octanol–water partition coefficient (Wildman–Crippen LogP) is 2.43. The molecule has 1 N–H and O–H groups in total. The molecule has 2 rings (SSSR count). The van der Waals surface area contributed by atoms with Gasteiger partial charge in [0.1, 0.15) is 12.9 Å². The van der Waals surface area contributed by atoms with Crippen LogP contribution in [0.15, 0.2) is 24.5 Å². The SMILES string of the molecule is OCc1nncn1-c1c(Cl)cccc1C(F)(F)F. The Labute approximate surface area is 105 Å². The average molecular weight is 278 g/mol.